The van der Waals surface area contributed by atoms with Gasteiger partial charge in [-0.1, -0.05) is 6.92 Å². The van der Waals surface area contributed by atoms with Gasteiger partial charge in [-0.3, -0.25) is 0 Å². The molecule has 1 saturated heterocycles. The van der Waals surface area contributed by atoms with E-state index in [9.17, 15) is 0 Å². The number of aryl methyl sites for hydroxylation is 1. The third-order valence-electron chi connectivity index (χ3n) is 3.52. The van der Waals surface area contributed by atoms with Crippen LogP contribution in [0.2, 0.25) is 0 Å². The molecule has 18 heavy (non-hydrogen) atoms. The van der Waals surface area contributed by atoms with Crippen molar-refractivity contribution < 1.29 is 4.74 Å². The van der Waals surface area contributed by atoms with E-state index in [1.807, 2.05) is 17.9 Å². The maximum Gasteiger partial charge on any atom is 0.0947 e. The zero-order valence-corrected chi connectivity index (χ0v) is 11.6. The van der Waals surface area contributed by atoms with Crippen molar-refractivity contribution in [2.45, 2.75) is 51.2 Å². The van der Waals surface area contributed by atoms with Crippen LogP contribution in [-0.4, -0.2) is 28.8 Å². The van der Waals surface area contributed by atoms with Crippen LogP contribution in [0.15, 0.2) is 12.5 Å². The van der Waals surface area contributed by atoms with E-state index in [0.29, 0.717) is 12.1 Å². The minimum absolute atomic E-state index is 0.371. The Kier molecular flexibility index (Phi) is 5.20. The van der Waals surface area contributed by atoms with E-state index in [0.717, 1.165) is 38.1 Å². The first-order chi connectivity index (χ1) is 8.79. The standard InChI is InChI=1S/C14H25N3O/c1-3-8-15-13(14-10-17(2)11-16-14)7-6-12-5-4-9-18-12/h10-13,15H,3-9H2,1-2H3. The maximum absolute atomic E-state index is 5.70. The molecule has 1 aromatic rings. The first kappa shape index (κ1) is 13.6. The van der Waals surface area contributed by atoms with Gasteiger partial charge in [-0.2, -0.15) is 0 Å². The maximum atomic E-state index is 5.70. The lowest BCUT2D eigenvalue weighted by atomic mass is 10.0. The Bertz CT molecular complexity index is 345. The van der Waals surface area contributed by atoms with E-state index in [1.54, 1.807) is 0 Å². The van der Waals surface area contributed by atoms with Crippen LogP contribution in [-0.2, 0) is 11.8 Å². The molecular weight excluding hydrogens is 226 g/mol. The first-order valence-corrected chi connectivity index (χ1v) is 7.12. The smallest absolute Gasteiger partial charge is 0.0947 e. The highest BCUT2D eigenvalue weighted by atomic mass is 16.5. The molecule has 0 bridgehead atoms. The monoisotopic (exact) mass is 251 g/mol. The highest BCUT2D eigenvalue weighted by Crippen LogP contribution is 2.23. The van der Waals surface area contributed by atoms with Gasteiger partial charge in [0.2, 0.25) is 0 Å². The summed E-state index contributed by atoms with van der Waals surface area (Å²) in [7, 11) is 2.02. The summed E-state index contributed by atoms with van der Waals surface area (Å²) in [6.45, 7) is 4.19. The zero-order valence-electron chi connectivity index (χ0n) is 11.6. The van der Waals surface area contributed by atoms with Crippen LogP contribution in [0.25, 0.3) is 0 Å². The van der Waals surface area contributed by atoms with Gasteiger partial charge in [-0.05, 0) is 38.6 Å². The number of imidazole rings is 1. The molecule has 1 aliphatic heterocycles. The van der Waals surface area contributed by atoms with E-state index in [1.165, 1.54) is 12.8 Å². The summed E-state index contributed by atoms with van der Waals surface area (Å²) in [5, 5.41) is 3.59. The van der Waals surface area contributed by atoms with Crippen LogP contribution in [0.4, 0.5) is 0 Å². The molecule has 2 heterocycles. The fourth-order valence-corrected chi connectivity index (χ4v) is 2.51. The fraction of sp³-hybridized carbons (Fsp3) is 0.786. The van der Waals surface area contributed by atoms with Crippen molar-refractivity contribution in [1.29, 1.82) is 0 Å². The molecule has 0 spiro atoms. The topological polar surface area (TPSA) is 39.1 Å². The second-order valence-corrected chi connectivity index (χ2v) is 5.18. The first-order valence-electron chi connectivity index (χ1n) is 7.12. The van der Waals surface area contributed by atoms with E-state index >= 15 is 0 Å². The number of hydrogen-bond acceptors (Lipinski definition) is 3. The Morgan fingerprint density at radius 3 is 3.11 bits per heavy atom. The van der Waals surface area contributed by atoms with Gasteiger partial charge < -0.3 is 14.6 Å². The predicted molar refractivity (Wildman–Crippen MR) is 72.5 cm³/mol. The van der Waals surface area contributed by atoms with Gasteiger partial charge in [0.05, 0.1) is 24.2 Å². The number of nitrogens with one attached hydrogen (secondary N) is 1. The molecule has 2 unspecified atom stereocenters. The summed E-state index contributed by atoms with van der Waals surface area (Å²) in [5.74, 6) is 0. The number of ether oxygens (including phenoxy) is 1. The third kappa shape index (κ3) is 3.82. The summed E-state index contributed by atoms with van der Waals surface area (Å²) >= 11 is 0. The van der Waals surface area contributed by atoms with Crippen LogP contribution < -0.4 is 5.32 Å². The van der Waals surface area contributed by atoms with Gasteiger partial charge >= 0.3 is 0 Å². The Morgan fingerprint density at radius 2 is 2.50 bits per heavy atom. The average molecular weight is 251 g/mol. The molecule has 1 aromatic heterocycles. The molecule has 0 aliphatic carbocycles. The van der Waals surface area contributed by atoms with Gasteiger partial charge in [-0.15, -0.1) is 0 Å². The lowest BCUT2D eigenvalue weighted by molar-refractivity contribution is 0.0995. The molecule has 2 atom stereocenters. The molecule has 0 radical (unpaired) electrons. The SMILES string of the molecule is CCCNC(CCC1CCCO1)c1cn(C)cn1. The van der Waals surface area contributed by atoms with Gasteiger partial charge in [0.15, 0.2) is 0 Å². The molecule has 0 amide bonds. The van der Waals surface area contributed by atoms with Crippen LogP contribution in [0.1, 0.15) is 50.8 Å². The van der Waals surface area contributed by atoms with Crippen molar-refractivity contribution in [3.8, 4) is 0 Å². The molecule has 0 saturated carbocycles. The number of hydrogen-bond donors (Lipinski definition) is 1. The molecule has 0 aromatic carbocycles. The van der Waals surface area contributed by atoms with Crippen LogP contribution in [0.5, 0.6) is 0 Å². The highest BCUT2D eigenvalue weighted by molar-refractivity contribution is 5.03. The van der Waals surface area contributed by atoms with Gasteiger partial charge in [-0.25, -0.2) is 4.98 Å². The van der Waals surface area contributed by atoms with Crippen molar-refractivity contribution >= 4 is 0 Å². The minimum Gasteiger partial charge on any atom is -0.378 e. The Morgan fingerprint density at radius 1 is 1.61 bits per heavy atom. The summed E-state index contributed by atoms with van der Waals surface area (Å²) in [6.07, 6.45) is 10.3. The quantitative estimate of drug-likeness (QED) is 0.809. The normalized spacial score (nSPS) is 21.3. The molecule has 102 valence electrons. The predicted octanol–water partition coefficient (Wildman–Crippen LogP) is 2.42. The zero-order chi connectivity index (χ0) is 12.8. The van der Waals surface area contributed by atoms with Crippen LogP contribution >= 0.6 is 0 Å². The van der Waals surface area contributed by atoms with Crippen molar-refractivity contribution in [3.63, 3.8) is 0 Å². The largest absolute Gasteiger partial charge is 0.378 e. The lowest BCUT2D eigenvalue weighted by Gasteiger charge is -2.18. The number of nitrogens with zero attached hydrogens (tertiary/aromatic N) is 2. The second-order valence-electron chi connectivity index (χ2n) is 5.18. The van der Waals surface area contributed by atoms with Crippen molar-refractivity contribution in [1.82, 2.24) is 14.9 Å². The molecule has 1 aliphatic rings. The average Bonchev–Trinajstić information content (AvgIpc) is 3.01. The summed E-state index contributed by atoms with van der Waals surface area (Å²) in [4.78, 5) is 4.47. The molecule has 4 nitrogen and oxygen atoms in total. The fourth-order valence-electron chi connectivity index (χ4n) is 2.51. The summed E-state index contributed by atoms with van der Waals surface area (Å²) < 4.78 is 7.71. The molecule has 1 fully saturated rings. The van der Waals surface area contributed by atoms with Gasteiger partial charge in [0.25, 0.3) is 0 Å². The number of aromatic nitrogens is 2. The molecule has 4 heteroatoms. The van der Waals surface area contributed by atoms with Crippen molar-refractivity contribution in [2.24, 2.45) is 7.05 Å². The van der Waals surface area contributed by atoms with Crippen LogP contribution in [0.3, 0.4) is 0 Å². The Hall–Kier alpha value is -0.870. The summed E-state index contributed by atoms with van der Waals surface area (Å²) in [6, 6.07) is 0.371. The number of rotatable bonds is 7. The third-order valence-corrected chi connectivity index (χ3v) is 3.52. The van der Waals surface area contributed by atoms with Gasteiger partial charge in [0.1, 0.15) is 0 Å². The van der Waals surface area contributed by atoms with Gasteiger partial charge in [0, 0.05) is 19.9 Å². The second kappa shape index (κ2) is 6.90. The minimum atomic E-state index is 0.371. The van der Waals surface area contributed by atoms with Crippen molar-refractivity contribution in [2.75, 3.05) is 13.2 Å². The van der Waals surface area contributed by atoms with E-state index in [-0.39, 0.29) is 0 Å². The van der Waals surface area contributed by atoms with Crippen molar-refractivity contribution in [3.05, 3.63) is 18.2 Å². The van der Waals surface area contributed by atoms with E-state index in [2.05, 4.69) is 23.4 Å². The van der Waals surface area contributed by atoms with E-state index < -0.39 is 0 Å². The Balaban J connectivity index is 1.87. The van der Waals surface area contributed by atoms with Crippen LogP contribution in [0, 0.1) is 0 Å². The molecule has 1 N–H and O–H groups in total. The summed E-state index contributed by atoms with van der Waals surface area (Å²) in [5.41, 5.74) is 1.16. The highest BCUT2D eigenvalue weighted by Gasteiger charge is 2.19. The van der Waals surface area contributed by atoms with E-state index in [4.69, 9.17) is 4.74 Å². The lowest BCUT2D eigenvalue weighted by Crippen LogP contribution is -2.23. The molecular formula is C14H25N3O. The molecule has 2 rings (SSSR count). The Labute approximate surface area is 110 Å².